The lowest BCUT2D eigenvalue weighted by Gasteiger charge is -2.16. The molecule has 0 radical (unpaired) electrons. The van der Waals surface area contributed by atoms with Crippen molar-refractivity contribution in [1.29, 1.82) is 0 Å². The van der Waals surface area contributed by atoms with E-state index in [1.54, 1.807) is 0 Å². The van der Waals surface area contributed by atoms with E-state index in [2.05, 4.69) is 4.72 Å². The SMILES string of the molecule is COCCOc1cc(NS(=O)(=O)c2cc([N+](=O)[O-])ccc2C)c(C(=O)O)cc1OC. The van der Waals surface area contributed by atoms with Crippen LogP contribution in [0.25, 0.3) is 0 Å². The first-order valence-corrected chi connectivity index (χ1v) is 9.94. The summed E-state index contributed by atoms with van der Waals surface area (Å²) in [5, 5.41) is 20.5. The highest BCUT2D eigenvalue weighted by Crippen LogP contribution is 2.35. The number of rotatable bonds is 10. The Labute approximate surface area is 172 Å². The van der Waals surface area contributed by atoms with E-state index in [-0.39, 0.29) is 40.9 Å². The molecule has 0 heterocycles. The number of methoxy groups -OCH3 is 2. The number of nitro benzene ring substituents is 1. The van der Waals surface area contributed by atoms with Crippen molar-refractivity contribution in [1.82, 2.24) is 0 Å². The molecule has 30 heavy (non-hydrogen) atoms. The minimum Gasteiger partial charge on any atom is -0.493 e. The number of hydrogen-bond donors (Lipinski definition) is 2. The molecule has 0 aliphatic heterocycles. The Morgan fingerprint density at radius 1 is 1.17 bits per heavy atom. The van der Waals surface area contributed by atoms with Gasteiger partial charge >= 0.3 is 5.97 Å². The number of aromatic carboxylic acids is 1. The third-order valence-electron chi connectivity index (χ3n) is 4.00. The van der Waals surface area contributed by atoms with Crippen molar-refractivity contribution in [3.8, 4) is 11.5 Å². The summed E-state index contributed by atoms with van der Waals surface area (Å²) >= 11 is 0. The Kier molecular flexibility index (Phi) is 7.19. The van der Waals surface area contributed by atoms with E-state index in [1.165, 1.54) is 39.3 Å². The lowest BCUT2D eigenvalue weighted by Crippen LogP contribution is -2.17. The summed E-state index contributed by atoms with van der Waals surface area (Å²) in [4.78, 5) is 21.6. The molecule has 2 aromatic rings. The molecule has 0 bridgehead atoms. The highest BCUT2D eigenvalue weighted by Gasteiger charge is 2.25. The molecule has 0 aliphatic carbocycles. The Balaban J connectivity index is 2.54. The van der Waals surface area contributed by atoms with Gasteiger partial charge in [-0.2, -0.15) is 0 Å². The largest absolute Gasteiger partial charge is 0.493 e. The monoisotopic (exact) mass is 440 g/mol. The second-order valence-corrected chi connectivity index (χ2v) is 7.66. The van der Waals surface area contributed by atoms with Crippen molar-refractivity contribution in [3.63, 3.8) is 0 Å². The summed E-state index contributed by atoms with van der Waals surface area (Å²) in [5.74, 6) is -1.24. The molecular weight excluding hydrogens is 420 g/mol. The maximum Gasteiger partial charge on any atom is 0.337 e. The molecule has 0 aromatic heterocycles. The molecule has 0 saturated carbocycles. The number of nitrogens with one attached hydrogen (secondary N) is 1. The molecule has 0 fully saturated rings. The van der Waals surface area contributed by atoms with Gasteiger partial charge in [-0.3, -0.25) is 14.8 Å². The van der Waals surface area contributed by atoms with Crippen LogP contribution in [0.3, 0.4) is 0 Å². The van der Waals surface area contributed by atoms with Crippen molar-refractivity contribution in [3.05, 3.63) is 51.6 Å². The first-order valence-electron chi connectivity index (χ1n) is 8.45. The first-order chi connectivity index (χ1) is 14.1. The molecule has 2 N–H and O–H groups in total. The third-order valence-corrected chi connectivity index (χ3v) is 5.50. The van der Waals surface area contributed by atoms with E-state index in [9.17, 15) is 28.4 Å². The van der Waals surface area contributed by atoms with Gasteiger partial charge in [0.05, 0.1) is 34.8 Å². The van der Waals surface area contributed by atoms with Crippen LogP contribution in [0.1, 0.15) is 15.9 Å². The van der Waals surface area contributed by atoms with Crippen LogP contribution in [-0.2, 0) is 14.8 Å². The molecule has 2 aromatic carbocycles. The molecule has 12 heteroatoms. The summed E-state index contributed by atoms with van der Waals surface area (Å²) in [7, 11) is -1.58. The van der Waals surface area contributed by atoms with E-state index >= 15 is 0 Å². The zero-order valence-corrected chi connectivity index (χ0v) is 17.2. The first kappa shape index (κ1) is 22.9. The molecule has 0 saturated heterocycles. The molecule has 162 valence electrons. The maximum absolute atomic E-state index is 12.9. The number of carbonyl (C=O) groups is 1. The lowest BCUT2D eigenvalue weighted by molar-refractivity contribution is -0.385. The van der Waals surface area contributed by atoms with Crippen LogP contribution in [0.15, 0.2) is 35.2 Å². The zero-order chi connectivity index (χ0) is 22.5. The molecule has 2 rings (SSSR count). The van der Waals surface area contributed by atoms with Crippen molar-refractivity contribution >= 4 is 27.4 Å². The fourth-order valence-corrected chi connectivity index (χ4v) is 3.86. The van der Waals surface area contributed by atoms with Gasteiger partial charge in [0.1, 0.15) is 6.61 Å². The van der Waals surface area contributed by atoms with Crippen LogP contribution in [0, 0.1) is 17.0 Å². The highest BCUT2D eigenvalue weighted by molar-refractivity contribution is 7.92. The minimum atomic E-state index is -4.36. The second-order valence-electron chi connectivity index (χ2n) is 6.01. The van der Waals surface area contributed by atoms with Crippen molar-refractivity contribution < 1.29 is 37.5 Å². The van der Waals surface area contributed by atoms with Crippen LogP contribution in [-0.4, -0.2) is 51.9 Å². The summed E-state index contributed by atoms with van der Waals surface area (Å²) in [5.41, 5.74) is -0.855. The molecule has 0 spiro atoms. The van der Waals surface area contributed by atoms with E-state index in [4.69, 9.17) is 14.2 Å². The number of nitrogens with zero attached hydrogens (tertiary/aromatic N) is 1. The normalized spacial score (nSPS) is 11.0. The van der Waals surface area contributed by atoms with E-state index in [1.807, 2.05) is 0 Å². The number of non-ortho nitro benzene ring substituents is 1. The van der Waals surface area contributed by atoms with Crippen LogP contribution in [0.5, 0.6) is 11.5 Å². The Morgan fingerprint density at radius 3 is 2.43 bits per heavy atom. The number of anilines is 1. The van der Waals surface area contributed by atoms with Crippen LogP contribution >= 0.6 is 0 Å². The van der Waals surface area contributed by atoms with Gasteiger partial charge in [0.25, 0.3) is 15.7 Å². The Hall–Kier alpha value is -3.38. The average molecular weight is 440 g/mol. The highest BCUT2D eigenvalue weighted by atomic mass is 32.2. The number of sulfonamides is 1. The van der Waals surface area contributed by atoms with E-state index in [0.717, 1.165) is 12.1 Å². The van der Waals surface area contributed by atoms with Gasteiger partial charge in [-0.15, -0.1) is 0 Å². The van der Waals surface area contributed by atoms with Gasteiger partial charge in [-0.1, -0.05) is 6.07 Å². The summed E-state index contributed by atoms with van der Waals surface area (Å²) in [6.45, 7) is 1.80. The van der Waals surface area contributed by atoms with Crippen molar-refractivity contribution in [2.24, 2.45) is 0 Å². The van der Waals surface area contributed by atoms with Gasteiger partial charge in [0, 0.05) is 31.4 Å². The van der Waals surface area contributed by atoms with Crippen LogP contribution in [0.4, 0.5) is 11.4 Å². The molecule has 0 aliphatic rings. The molecular formula is C18H20N2O9S. The maximum atomic E-state index is 12.9. The van der Waals surface area contributed by atoms with Gasteiger partial charge in [-0.05, 0) is 12.5 Å². The number of hydrogen-bond acceptors (Lipinski definition) is 8. The van der Waals surface area contributed by atoms with Crippen LogP contribution < -0.4 is 14.2 Å². The average Bonchev–Trinajstić information content (AvgIpc) is 2.67. The molecule has 0 amide bonds. The summed E-state index contributed by atoms with van der Waals surface area (Å²) in [6.07, 6.45) is 0. The molecule has 11 nitrogen and oxygen atoms in total. The summed E-state index contributed by atoms with van der Waals surface area (Å²) < 4.78 is 43.4. The van der Waals surface area contributed by atoms with Gasteiger partial charge in [-0.25, -0.2) is 13.2 Å². The van der Waals surface area contributed by atoms with E-state index in [0.29, 0.717) is 0 Å². The number of aryl methyl sites for hydroxylation is 1. The number of carboxylic acids is 1. The number of nitro groups is 1. The fraction of sp³-hybridized carbons (Fsp3) is 0.278. The second kappa shape index (κ2) is 9.41. The Bertz CT molecular complexity index is 1070. The van der Waals surface area contributed by atoms with Gasteiger partial charge < -0.3 is 19.3 Å². The summed E-state index contributed by atoms with van der Waals surface area (Å²) in [6, 6.07) is 5.65. The Morgan fingerprint density at radius 2 is 1.87 bits per heavy atom. The number of ether oxygens (including phenoxy) is 3. The quantitative estimate of drug-likeness (QED) is 0.322. The minimum absolute atomic E-state index is 0.0815. The zero-order valence-electron chi connectivity index (χ0n) is 16.4. The predicted octanol–water partition coefficient (Wildman–Crippen LogP) is 2.44. The molecule has 0 atom stereocenters. The fourth-order valence-electron chi connectivity index (χ4n) is 2.52. The smallest absolute Gasteiger partial charge is 0.337 e. The third kappa shape index (κ3) is 5.15. The molecule has 0 unspecified atom stereocenters. The van der Waals surface area contributed by atoms with Crippen molar-refractivity contribution in [2.45, 2.75) is 11.8 Å². The number of benzene rings is 2. The topological polar surface area (TPSA) is 154 Å². The van der Waals surface area contributed by atoms with Crippen LogP contribution in [0.2, 0.25) is 0 Å². The lowest BCUT2D eigenvalue weighted by atomic mass is 10.1. The number of carboxylic acid groups (broad SMARTS) is 1. The van der Waals surface area contributed by atoms with Gasteiger partial charge in [0.2, 0.25) is 0 Å². The predicted molar refractivity (Wildman–Crippen MR) is 106 cm³/mol. The van der Waals surface area contributed by atoms with Gasteiger partial charge in [0.15, 0.2) is 11.5 Å². The van der Waals surface area contributed by atoms with E-state index < -0.39 is 32.2 Å². The standard InChI is InChI=1S/C18H20N2O9S/c1-11-4-5-12(20(23)24)8-17(11)30(25,26)19-14-10-16(29-7-6-27-2)15(28-3)9-13(14)18(21)22/h4-5,8-10,19H,6-7H2,1-3H3,(H,21,22). The van der Waals surface area contributed by atoms with Crippen molar-refractivity contribution in [2.75, 3.05) is 32.2 Å².